The van der Waals surface area contributed by atoms with Crippen molar-refractivity contribution in [2.75, 3.05) is 0 Å². The Morgan fingerprint density at radius 2 is 2.36 bits per heavy atom. The van der Waals surface area contributed by atoms with Crippen molar-refractivity contribution in [2.45, 2.75) is 0 Å². The first kappa shape index (κ1) is 5.93. The van der Waals surface area contributed by atoms with Gasteiger partial charge in [-0.1, -0.05) is 5.92 Å². The lowest BCUT2D eigenvalue weighted by Crippen LogP contribution is -1.78. The van der Waals surface area contributed by atoms with E-state index in [4.69, 9.17) is 6.42 Å². The topological polar surface area (TPSA) is 41.6 Å². The van der Waals surface area contributed by atoms with E-state index in [-0.39, 0.29) is 0 Å². The Balaban J connectivity index is 2.79. The van der Waals surface area contributed by atoms with Crippen molar-refractivity contribution in [1.29, 1.82) is 0 Å². The molecule has 2 rings (SSSR count). The highest BCUT2D eigenvalue weighted by Gasteiger charge is 1.95. The minimum absolute atomic E-state index is 0.768. The molecule has 0 amide bonds. The van der Waals surface area contributed by atoms with Crippen molar-refractivity contribution in [3.8, 4) is 12.3 Å². The fourth-order valence-electron chi connectivity index (χ4n) is 0.916. The van der Waals surface area contributed by atoms with Crippen molar-refractivity contribution in [3.63, 3.8) is 0 Å². The molecule has 2 aromatic heterocycles. The number of hydrogen-bond donors (Lipinski definition) is 1. The average molecular weight is 143 g/mol. The number of fused-ring (bicyclic) bond motifs is 1. The minimum atomic E-state index is 0.768. The maximum atomic E-state index is 5.19. The summed E-state index contributed by atoms with van der Waals surface area (Å²) in [5, 5.41) is 7.51. The average Bonchev–Trinajstić information content (AvgIpc) is 2.50. The second kappa shape index (κ2) is 2.10. The molecule has 11 heavy (non-hydrogen) atoms. The predicted octanol–water partition coefficient (Wildman–Crippen LogP) is 0.939. The third-order valence-electron chi connectivity index (χ3n) is 1.46. The Hall–Kier alpha value is -1.82. The maximum Gasteiger partial charge on any atom is 0.155 e. The van der Waals surface area contributed by atoms with Gasteiger partial charge < -0.3 is 0 Å². The molecule has 3 nitrogen and oxygen atoms in total. The second-order valence-electron chi connectivity index (χ2n) is 2.18. The van der Waals surface area contributed by atoms with Crippen LogP contribution in [0.4, 0.5) is 0 Å². The molecule has 2 heterocycles. The van der Waals surface area contributed by atoms with Gasteiger partial charge in [0.25, 0.3) is 0 Å². The van der Waals surface area contributed by atoms with E-state index in [0.29, 0.717) is 0 Å². The summed E-state index contributed by atoms with van der Waals surface area (Å²) in [6, 6.07) is 1.87. The molecule has 0 saturated carbocycles. The first-order valence-corrected chi connectivity index (χ1v) is 3.16. The molecule has 0 unspecified atom stereocenters. The van der Waals surface area contributed by atoms with Gasteiger partial charge >= 0.3 is 0 Å². The lowest BCUT2D eigenvalue weighted by Gasteiger charge is -1.87. The summed E-state index contributed by atoms with van der Waals surface area (Å²) in [6.45, 7) is 0. The van der Waals surface area contributed by atoms with Crippen LogP contribution in [0.2, 0.25) is 0 Å². The molecule has 0 aliphatic rings. The summed E-state index contributed by atoms with van der Waals surface area (Å²) < 4.78 is 0. The molecule has 0 aliphatic heterocycles. The third kappa shape index (κ3) is 0.849. The normalized spacial score (nSPS) is 9.73. The van der Waals surface area contributed by atoms with Gasteiger partial charge in [-0.05, 0) is 6.07 Å². The van der Waals surface area contributed by atoms with Gasteiger partial charge in [-0.2, -0.15) is 5.10 Å². The summed E-state index contributed by atoms with van der Waals surface area (Å²) in [6.07, 6.45) is 8.53. The first-order valence-electron chi connectivity index (χ1n) is 3.16. The fourth-order valence-corrected chi connectivity index (χ4v) is 0.916. The zero-order valence-corrected chi connectivity index (χ0v) is 5.70. The Labute approximate surface area is 63.5 Å². The van der Waals surface area contributed by atoms with Crippen LogP contribution in [-0.2, 0) is 0 Å². The molecule has 0 fully saturated rings. The summed E-state index contributed by atoms with van der Waals surface area (Å²) in [5.41, 5.74) is 1.54. The van der Waals surface area contributed by atoms with Crippen molar-refractivity contribution in [1.82, 2.24) is 15.2 Å². The number of hydrogen-bond acceptors (Lipinski definition) is 2. The van der Waals surface area contributed by atoms with E-state index in [1.807, 2.05) is 6.07 Å². The van der Waals surface area contributed by atoms with Gasteiger partial charge in [-0.25, -0.2) is 4.98 Å². The number of terminal acetylenes is 1. The van der Waals surface area contributed by atoms with Crippen LogP contribution in [0.5, 0.6) is 0 Å². The SMILES string of the molecule is C#Cc1cnc2[nH]ncc2c1. The molecule has 0 bridgehead atoms. The maximum absolute atomic E-state index is 5.19. The monoisotopic (exact) mass is 143 g/mol. The van der Waals surface area contributed by atoms with Crippen LogP contribution >= 0.6 is 0 Å². The van der Waals surface area contributed by atoms with E-state index in [1.165, 1.54) is 0 Å². The summed E-state index contributed by atoms with van der Waals surface area (Å²) in [4.78, 5) is 4.05. The first-order chi connectivity index (χ1) is 5.40. The largest absolute Gasteiger partial charge is 0.261 e. The minimum Gasteiger partial charge on any atom is -0.261 e. The van der Waals surface area contributed by atoms with E-state index in [0.717, 1.165) is 16.6 Å². The molecular weight excluding hydrogens is 138 g/mol. The molecule has 1 N–H and O–H groups in total. The molecular formula is C8H5N3. The Morgan fingerprint density at radius 1 is 1.45 bits per heavy atom. The zero-order valence-electron chi connectivity index (χ0n) is 5.70. The van der Waals surface area contributed by atoms with Crippen molar-refractivity contribution in [3.05, 3.63) is 24.0 Å². The van der Waals surface area contributed by atoms with Gasteiger partial charge in [0.2, 0.25) is 0 Å². The van der Waals surface area contributed by atoms with Crippen LogP contribution in [0.1, 0.15) is 5.56 Å². The van der Waals surface area contributed by atoms with E-state index < -0.39 is 0 Å². The molecule has 0 atom stereocenters. The number of pyridine rings is 1. The van der Waals surface area contributed by atoms with Crippen LogP contribution < -0.4 is 0 Å². The van der Waals surface area contributed by atoms with Crippen molar-refractivity contribution < 1.29 is 0 Å². The van der Waals surface area contributed by atoms with Crippen LogP contribution in [0.3, 0.4) is 0 Å². The smallest absolute Gasteiger partial charge is 0.155 e. The number of aromatic amines is 1. The van der Waals surface area contributed by atoms with Crippen molar-refractivity contribution in [2.24, 2.45) is 0 Å². The quantitative estimate of drug-likeness (QED) is 0.557. The molecule has 0 radical (unpaired) electrons. The van der Waals surface area contributed by atoms with Crippen LogP contribution in [-0.4, -0.2) is 15.2 Å². The number of rotatable bonds is 0. The zero-order chi connectivity index (χ0) is 7.68. The highest BCUT2D eigenvalue weighted by atomic mass is 15.1. The summed E-state index contributed by atoms with van der Waals surface area (Å²) in [7, 11) is 0. The molecule has 0 aromatic carbocycles. The highest BCUT2D eigenvalue weighted by molar-refractivity contribution is 5.74. The van der Waals surface area contributed by atoms with Crippen LogP contribution in [0.25, 0.3) is 11.0 Å². The summed E-state index contributed by atoms with van der Waals surface area (Å²) in [5.74, 6) is 2.50. The van der Waals surface area contributed by atoms with Gasteiger partial charge in [0.1, 0.15) is 0 Å². The second-order valence-corrected chi connectivity index (χ2v) is 2.18. The lowest BCUT2D eigenvalue weighted by molar-refractivity contribution is 1.10. The number of H-pyrrole nitrogens is 1. The number of aromatic nitrogens is 3. The van der Waals surface area contributed by atoms with Gasteiger partial charge in [-0.3, -0.25) is 5.10 Å². The predicted molar refractivity (Wildman–Crippen MR) is 41.8 cm³/mol. The Bertz CT molecular complexity index is 422. The molecule has 0 saturated heterocycles. The molecule has 2 aromatic rings. The molecule has 52 valence electrons. The standard InChI is InChI=1S/C8H5N3/c1-2-6-3-7-5-10-11-8(7)9-4-6/h1,3-5H,(H,9,10,11). The van der Waals surface area contributed by atoms with Crippen LogP contribution in [0.15, 0.2) is 18.5 Å². The Morgan fingerprint density at radius 3 is 3.18 bits per heavy atom. The summed E-state index contributed by atoms with van der Waals surface area (Å²) >= 11 is 0. The number of nitrogens with one attached hydrogen (secondary N) is 1. The van der Waals surface area contributed by atoms with E-state index >= 15 is 0 Å². The molecule has 0 aliphatic carbocycles. The lowest BCUT2D eigenvalue weighted by atomic mass is 10.2. The Kier molecular flexibility index (Phi) is 1.13. The fraction of sp³-hybridized carbons (Fsp3) is 0. The molecule has 0 spiro atoms. The van der Waals surface area contributed by atoms with Crippen molar-refractivity contribution >= 4 is 11.0 Å². The van der Waals surface area contributed by atoms with Gasteiger partial charge in [-0.15, -0.1) is 6.42 Å². The van der Waals surface area contributed by atoms with Gasteiger partial charge in [0, 0.05) is 17.1 Å². The van der Waals surface area contributed by atoms with Gasteiger partial charge in [0.15, 0.2) is 5.65 Å². The van der Waals surface area contributed by atoms with E-state index in [1.54, 1.807) is 12.4 Å². The highest BCUT2D eigenvalue weighted by Crippen LogP contribution is 2.07. The van der Waals surface area contributed by atoms with E-state index in [2.05, 4.69) is 21.1 Å². The number of nitrogens with zero attached hydrogens (tertiary/aromatic N) is 2. The molecule has 3 heteroatoms. The van der Waals surface area contributed by atoms with E-state index in [9.17, 15) is 0 Å². The van der Waals surface area contributed by atoms with Crippen LogP contribution in [0, 0.1) is 12.3 Å². The van der Waals surface area contributed by atoms with Gasteiger partial charge in [0.05, 0.1) is 6.20 Å². The third-order valence-corrected chi connectivity index (χ3v) is 1.46.